The van der Waals surface area contributed by atoms with Crippen molar-refractivity contribution in [1.29, 1.82) is 0 Å². The fraction of sp³-hybridized carbons (Fsp3) is 0.400. The van der Waals surface area contributed by atoms with Gasteiger partial charge in [0, 0.05) is 18.8 Å². The number of anilines is 1. The predicted octanol–water partition coefficient (Wildman–Crippen LogP) is 2.35. The number of sulfonamides is 1. The normalized spacial score (nSPS) is 18.0. The number of fused-ring (bicyclic) bond motifs is 1. The Hall–Kier alpha value is -1.82. The molecule has 0 aliphatic carbocycles. The quantitative estimate of drug-likeness (QED) is 0.874. The summed E-state index contributed by atoms with van der Waals surface area (Å²) in [5.74, 6) is 0. The van der Waals surface area contributed by atoms with Crippen molar-refractivity contribution in [3.63, 3.8) is 0 Å². The summed E-state index contributed by atoms with van der Waals surface area (Å²) in [6, 6.07) is 7.61. The van der Waals surface area contributed by atoms with Gasteiger partial charge in [-0.3, -0.25) is 8.99 Å². The van der Waals surface area contributed by atoms with E-state index in [0.717, 1.165) is 17.7 Å². The maximum absolute atomic E-state index is 13.0. The highest BCUT2D eigenvalue weighted by molar-refractivity contribution is 7.93. The fourth-order valence-corrected chi connectivity index (χ4v) is 4.79. The molecular formula is C15H19N3O2S. The molecule has 0 bridgehead atoms. The van der Waals surface area contributed by atoms with Gasteiger partial charge in [-0.2, -0.15) is 5.10 Å². The number of aromatic nitrogens is 2. The van der Waals surface area contributed by atoms with Gasteiger partial charge in [0.25, 0.3) is 10.0 Å². The van der Waals surface area contributed by atoms with Gasteiger partial charge in [0.05, 0.1) is 11.4 Å². The lowest BCUT2D eigenvalue weighted by molar-refractivity contribution is 0.583. The Bertz CT molecular complexity index is 780. The molecule has 1 aromatic heterocycles. The van der Waals surface area contributed by atoms with Gasteiger partial charge in [0.15, 0.2) is 0 Å². The smallest absolute Gasteiger partial charge is 0.267 e. The highest BCUT2D eigenvalue weighted by Gasteiger charge is 2.37. The van der Waals surface area contributed by atoms with Crippen LogP contribution in [0.1, 0.15) is 25.1 Å². The van der Waals surface area contributed by atoms with Crippen molar-refractivity contribution in [3.05, 3.63) is 41.7 Å². The third kappa shape index (κ3) is 2.14. The average molecular weight is 305 g/mol. The Morgan fingerprint density at radius 1 is 1.33 bits per heavy atom. The van der Waals surface area contributed by atoms with Crippen molar-refractivity contribution >= 4 is 15.7 Å². The van der Waals surface area contributed by atoms with Gasteiger partial charge in [0.1, 0.15) is 4.90 Å². The van der Waals surface area contributed by atoms with Crippen molar-refractivity contribution in [2.24, 2.45) is 0 Å². The number of hydrogen-bond donors (Lipinski definition) is 0. The van der Waals surface area contributed by atoms with Crippen LogP contribution in [0.2, 0.25) is 0 Å². The van der Waals surface area contributed by atoms with E-state index in [1.807, 2.05) is 38.1 Å². The molecule has 112 valence electrons. The number of para-hydroxylation sites is 1. The van der Waals surface area contributed by atoms with Crippen LogP contribution in [0.15, 0.2) is 35.4 Å². The SMILES string of the molecule is CCn1cc(S(=O)(=O)N2c3ccccc3CC2C)c(C)n1. The molecule has 0 radical (unpaired) electrons. The molecule has 1 atom stereocenters. The predicted molar refractivity (Wildman–Crippen MR) is 81.9 cm³/mol. The standard InChI is InChI=1S/C15H19N3O2S/c1-4-17-10-15(12(3)16-17)21(19,20)18-11(2)9-13-7-5-6-8-14(13)18/h5-8,10-11H,4,9H2,1-3H3. The van der Waals surface area contributed by atoms with E-state index in [2.05, 4.69) is 5.10 Å². The molecule has 6 heteroatoms. The zero-order valence-corrected chi connectivity index (χ0v) is 13.3. The van der Waals surface area contributed by atoms with Gasteiger partial charge in [-0.25, -0.2) is 8.42 Å². The zero-order chi connectivity index (χ0) is 15.2. The van der Waals surface area contributed by atoms with Gasteiger partial charge in [0.2, 0.25) is 0 Å². The Morgan fingerprint density at radius 3 is 2.71 bits per heavy atom. The summed E-state index contributed by atoms with van der Waals surface area (Å²) >= 11 is 0. The number of aryl methyl sites for hydroxylation is 2. The molecule has 5 nitrogen and oxygen atoms in total. The highest BCUT2D eigenvalue weighted by Crippen LogP contribution is 2.36. The van der Waals surface area contributed by atoms with Crippen LogP contribution < -0.4 is 4.31 Å². The first-order valence-corrected chi connectivity index (χ1v) is 8.55. The van der Waals surface area contributed by atoms with Crippen LogP contribution in [0.4, 0.5) is 5.69 Å². The van der Waals surface area contributed by atoms with Crippen molar-refractivity contribution < 1.29 is 8.42 Å². The summed E-state index contributed by atoms with van der Waals surface area (Å²) in [6.07, 6.45) is 2.37. The van der Waals surface area contributed by atoms with Crippen LogP contribution in [0.25, 0.3) is 0 Å². The van der Waals surface area contributed by atoms with Crippen LogP contribution >= 0.6 is 0 Å². The van der Waals surface area contributed by atoms with Crippen LogP contribution in [0, 0.1) is 6.92 Å². The number of hydrogen-bond acceptors (Lipinski definition) is 3. The molecule has 0 saturated heterocycles. The molecule has 1 aromatic carbocycles. The van der Waals surface area contributed by atoms with Crippen molar-refractivity contribution in [2.45, 2.75) is 44.7 Å². The van der Waals surface area contributed by atoms with E-state index in [1.165, 1.54) is 4.31 Å². The second-order valence-electron chi connectivity index (χ2n) is 5.42. The molecule has 2 heterocycles. The van der Waals surface area contributed by atoms with Gasteiger partial charge < -0.3 is 0 Å². The summed E-state index contributed by atoms with van der Waals surface area (Å²) < 4.78 is 29.3. The van der Waals surface area contributed by atoms with Crippen LogP contribution in [-0.4, -0.2) is 24.2 Å². The average Bonchev–Trinajstić information content (AvgIpc) is 2.98. The maximum Gasteiger partial charge on any atom is 0.267 e. The molecule has 0 spiro atoms. The summed E-state index contributed by atoms with van der Waals surface area (Å²) in [5, 5.41) is 4.26. The minimum Gasteiger partial charge on any atom is -0.271 e. The Kier molecular flexibility index (Phi) is 3.28. The van der Waals surface area contributed by atoms with E-state index in [4.69, 9.17) is 0 Å². The largest absolute Gasteiger partial charge is 0.271 e. The number of benzene rings is 1. The third-order valence-electron chi connectivity index (χ3n) is 3.91. The lowest BCUT2D eigenvalue weighted by Gasteiger charge is -2.24. The molecule has 0 saturated carbocycles. The van der Waals surface area contributed by atoms with E-state index < -0.39 is 10.0 Å². The van der Waals surface area contributed by atoms with E-state index in [-0.39, 0.29) is 6.04 Å². The first-order chi connectivity index (χ1) is 9.95. The van der Waals surface area contributed by atoms with Gasteiger partial charge in [-0.15, -0.1) is 0 Å². The monoisotopic (exact) mass is 305 g/mol. The lowest BCUT2D eigenvalue weighted by Crippen LogP contribution is -2.35. The lowest BCUT2D eigenvalue weighted by atomic mass is 10.1. The Balaban J connectivity index is 2.12. The molecule has 21 heavy (non-hydrogen) atoms. The zero-order valence-electron chi connectivity index (χ0n) is 12.4. The highest BCUT2D eigenvalue weighted by atomic mass is 32.2. The molecule has 1 unspecified atom stereocenters. The molecule has 1 aliphatic rings. The first-order valence-electron chi connectivity index (χ1n) is 7.11. The first kappa shape index (κ1) is 14.1. The van der Waals surface area contributed by atoms with Crippen LogP contribution in [0.3, 0.4) is 0 Å². The van der Waals surface area contributed by atoms with Crippen molar-refractivity contribution in [1.82, 2.24) is 9.78 Å². The summed E-state index contributed by atoms with van der Waals surface area (Å²) in [5.41, 5.74) is 2.41. The second kappa shape index (κ2) is 4.87. The summed E-state index contributed by atoms with van der Waals surface area (Å²) in [4.78, 5) is 0.299. The third-order valence-corrected chi connectivity index (χ3v) is 5.94. The molecular weight excluding hydrogens is 286 g/mol. The van der Waals surface area contributed by atoms with Crippen molar-refractivity contribution in [3.8, 4) is 0 Å². The van der Waals surface area contributed by atoms with E-state index >= 15 is 0 Å². The molecule has 0 fully saturated rings. The van der Waals surface area contributed by atoms with E-state index in [0.29, 0.717) is 17.1 Å². The molecule has 1 aliphatic heterocycles. The van der Waals surface area contributed by atoms with Crippen LogP contribution in [-0.2, 0) is 23.0 Å². The number of rotatable bonds is 3. The summed E-state index contributed by atoms with van der Waals surface area (Å²) in [6.45, 7) is 6.28. The minimum absolute atomic E-state index is 0.0724. The van der Waals surface area contributed by atoms with Gasteiger partial charge >= 0.3 is 0 Å². The van der Waals surface area contributed by atoms with Crippen molar-refractivity contribution in [2.75, 3.05) is 4.31 Å². The molecule has 3 rings (SSSR count). The summed E-state index contributed by atoms with van der Waals surface area (Å²) in [7, 11) is -3.57. The maximum atomic E-state index is 13.0. The molecule has 0 N–H and O–H groups in total. The van der Waals surface area contributed by atoms with E-state index in [9.17, 15) is 8.42 Å². The minimum atomic E-state index is -3.57. The molecule has 0 amide bonds. The fourth-order valence-electron chi connectivity index (χ4n) is 2.92. The number of nitrogens with zero attached hydrogens (tertiary/aromatic N) is 3. The topological polar surface area (TPSA) is 55.2 Å². The van der Waals surface area contributed by atoms with E-state index in [1.54, 1.807) is 17.8 Å². The van der Waals surface area contributed by atoms with Gasteiger partial charge in [-0.05, 0) is 38.8 Å². The Morgan fingerprint density at radius 2 is 2.05 bits per heavy atom. The molecule has 2 aromatic rings. The Labute approximate surface area is 125 Å². The van der Waals surface area contributed by atoms with Gasteiger partial charge in [-0.1, -0.05) is 18.2 Å². The second-order valence-corrected chi connectivity index (χ2v) is 7.20. The van der Waals surface area contributed by atoms with Crippen LogP contribution in [0.5, 0.6) is 0 Å².